The zero-order valence-corrected chi connectivity index (χ0v) is 8.62. The van der Waals surface area contributed by atoms with Gasteiger partial charge in [-0.05, 0) is 19.8 Å². The Kier molecular flexibility index (Phi) is 2.45. The molecule has 0 atom stereocenters. The van der Waals surface area contributed by atoms with Crippen LogP contribution in [0.3, 0.4) is 0 Å². The van der Waals surface area contributed by atoms with Gasteiger partial charge < -0.3 is 10.4 Å². The highest BCUT2D eigenvalue weighted by Crippen LogP contribution is 2.37. The van der Waals surface area contributed by atoms with E-state index in [0.717, 1.165) is 18.5 Å². The van der Waals surface area contributed by atoms with E-state index >= 15 is 0 Å². The molecule has 1 aliphatic rings. The lowest BCUT2D eigenvalue weighted by Gasteiger charge is -2.15. The monoisotopic (exact) mass is 209 g/mol. The van der Waals surface area contributed by atoms with Crippen molar-refractivity contribution in [2.75, 3.05) is 17.3 Å². The molecule has 0 saturated heterocycles. The molecule has 1 aromatic rings. The quantitative estimate of drug-likeness (QED) is 0.412. The molecule has 0 amide bonds. The predicted octanol–water partition coefficient (Wildman–Crippen LogP) is 0.00742. The van der Waals surface area contributed by atoms with Crippen LogP contribution >= 0.6 is 0 Å². The van der Waals surface area contributed by atoms with E-state index in [0.29, 0.717) is 11.8 Å². The number of nitrogen functional groups attached to an aromatic ring is 1. The first-order valence-corrected chi connectivity index (χ1v) is 4.89. The van der Waals surface area contributed by atoms with Crippen molar-refractivity contribution in [2.24, 2.45) is 5.84 Å². The smallest absolute Gasteiger partial charge is 0.239 e. The number of hydrogen-bond acceptors (Lipinski definition) is 6. The van der Waals surface area contributed by atoms with E-state index in [1.54, 1.807) is 0 Å². The number of hydrogen-bond donors (Lipinski definition) is 4. The Morgan fingerprint density at radius 2 is 2.27 bits per heavy atom. The Labute approximate surface area is 87.9 Å². The second kappa shape index (κ2) is 3.63. The first-order valence-electron chi connectivity index (χ1n) is 4.89. The highest BCUT2D eigenvalue weighted by Gasteiger charge is 2.42. The summed E-state index contributed by atoms with van der Waals surface area (Å²) in [5, 5.41) is 12.4. The van der Waals surface area contributed by atoms with Gasteiger partial charge in [-0.15, -0.1) is 0 Å². The van der Waals surface area contributed by atoms with Gasteiger partial charge in [0.05, 0.1) is 12.1 Å². The topological polar surface area (TPSA) is 96.1 Å². The average Bonchev–Trinajstić information content (AvgIpc) is 2.97. The number of nitrogens with zero attached hydrogens (tertiary/aromatic N) is 2. The van der Waals surface area contributed by atoms with Gasteiger partial charge >= 0.3 is 0 Å². The number of hydrazine groups is 1. The minimum absolute atomic E-state index is 0.126. The SMILES string of the molecule is Cc1cc(NC2(CO)CC2)nc(NN)n1. The van der Waals surface area contributed by atoms with Gasteiger partial charge in [-0.3, -0.25) is 5.43 Å². The molecule has 6 nitrogen and oxygen atoms in total. The molecule has 0 unspecified atom stereocenters. The lowest BCUT2D eigenvalue weighted by atomic mass is 10.3. The molecule has 5 N–H and O–H groups in total. The highest BCUT2D eigenvalue weighted by atomic mass is 16.3. The van der Waals surface area contributed by atoms with E-state index in [1.165, 1.54) is 0 Å². The fraction of sp³-hybridized carbons (Fsp3) is 0.556. The van der Waals surface area contributed by atoms with Crippen molar-refractivity contribution in [2.45, 2.75) is 25.3 Å². The van der Waals surface area contributed by atoms with Crippen molar-refractivity contribution >= 4 is 11.8 Å². The Bertz CT molecular complexity index is 364. The first-order chi connectivity index (χ1) is 7.17. The standard InChI is InChI=1S/C9H15N5O/c1-6-4-7(12-8(11-6)14-10)13-9(5-15)2-3-9/h4,15H,2-3,5,10H2,1H3,(H2,11,12,13,14). The van der Waals surface area contributed by atoms with Crippen LogP contribution < -0.4 is 16.6 Å². The van der Waals surface area contributed by atoms with Crippen molar-refractivity contribution in [1.29, 1.82) is 0 Å². The number of aryl methyl sites for hydroxylation is 1. The maximum Gasteiger partial charge on any atom is 0.239 e. The van der Waals surface area contributed by atoms with Gasteiger partial charge in [0.25, 0.3) is 0 Å². The van der Waals surface area contributed by atoms with Crippen LogP contribution in [-0.2, 0) is 0 Å². The van der Waals surface area contributed by atoms with E-state index in [-0.39, 0.29) is 12.1 Å². The molecule has 0 spiro atoms. The molecule has 15 heavy (non-hydrogen) atoms. The van der Waals surface area contributed by atoms with Gasteiger partial charge in [-0.25, -0.2) is 10.8 Å². The lowest BCUT2D eigenvalue weighted by Crippen LogP contribution is -2.26. The molecular formula is C9H15N5O. The molecule has 82 valence electrons. The van der Waals surface area contributed by atoms with E-state index in [1.807, 2.05) is 13.0 Å². The molecule has 6 heteroatoms. The highest BCUT2D eigenvalue weighted by molar-refractivity contribution is 5.45. The fourth-order valence-corrected chi connectivity index (χ4v) is 1.44. The predicted molar refractivity (Wildman–Crippen MR) is 57.3 cm³/mol. The van der Waals surface area contributed by atoms with E-state index in [2.05, 4.69) is 20.7 Å². The fourth-order valence-electron chi connectivity index (χ4n) is 1.44. The molecule has 0 aromatic carbocycles. The normalized spacial score (nSPS) is 17.3. The largest absolute Gasteiger partial charge is 0.394 e. The summed E-state index contributed by atoms with van der Waals surface area (Å²) in [4.78, 5) is 8.23. The van der Waals surface area contributed by atoms with Crippen LogP contribution in [0.2, 0.25) is 0 Å². The molecule has 0 aliphatic heterocycles. The van der Waals surface area contributed by atoms with Crippen LogP contribution in [0.25, 0.3) is 0 Å². The summed E-state index contributed by atoms with van der Waals surface area (Å²) in [5.41, 5.74) is 3.06. The Morgan fingerprint density at radius 1 is 1.53 bits per heavy atom. The Balaban J connectivity index is 2.17. The number of rotatable bonds is 4. The summed E-state index contributed by atoms with van der Waals surface area (Å²) in [6.45, 7) is 1.99. The summed E-state index contributed by atoms with van der Waals surface area (Å²) >= 11 is 0. The van der Waals surface area contributed by atoms with E-state index in [4.69, 9.17) is 10.9 Å². The second-order valence-corrected chi connectivity index (χ2v) is 3.93. The van der Waals surface area contributed by atoms with Crippen LogP contribution in [0.5, 0.6) is 0 Å². The summed E-state index contributed by atoms with van der Waals surface area (Å²) < 4.78 is 0. The number of nitrogens with two attached hydrogens (primary N) is 1. The van der Waals surface area contributed by atoms with Crippen LogP contribution in [0.15, 0.2) is 6.07 Å². The van der Waals surface area contributed by atoms with Crippen molar-refractivity contribution in [1.82, 2.24) is 9.97 Å². The maximum atomic E-state index is 9.17. The van der Waals surface area contributed by atoms with Crippen molar-refractivity contribution in [3.63, 3.8) is 0 Å². The van der Waals surface area contributed by atoms with Crippen LogP contribution in [0, 0.1) is 6.92 Å². The molecule has 1 fully saturated rings. The summed E-state index contributed by atoms with van der Waals surface area (Å²) in [6, 6.07) is 1.83. The minimum atomic E-state index is -0.174. The molecule has 1 aliphatic carbocycles. The number of aliphatic hydroxyl groups excluding tert-OH is 1. The molecule has 1 saturated carbocycles. The third-order valence-electron chi connectivity index (χ3n) is 2.53. The van der Waals surface area contributed by atoms with Crippen LogP contribution in [0.4, 0.5) is 11.8 Å². The number of aliphatic hydroxyl groups is 1. The molecule has 1 heterocycles. The molecule has 1 aromatic heterocycles. The van der Waals surface area contributed by atoms with Gasteiger partial charge in [0, 0.05) is 11.8 Å². The maximum absolute atomic E-state index is 9.17. The molecule has 0 bridgehead atoms. The Hall–Kier alpha value is -1.40. The average molecular weight is 209 g/mol. The van der Waals surface area contributed by atoms with Crippen molar-refractivity contribution in [3.05, 3.63) is 11.8 Å². The van der Waals surface area contributed by atoms with Gasteiger partial charge in [0.2, 0.25) is 5.95 Å². The summed E-state index contributed by atoms with van der Waals surface area (Å²) in [7, 11) is 0. The number of aromatic nitrogens is 2. The van der Waals surface area contributed by atoms with Gasteiger partial charge in [-0.2, -0.15) is 4.98 Å². The third-order valence-corrected chi connectivity index (χ3v) is 2.53. The summed E-state index contributed by atoms with van der Waals surface area (Å²) in [5.74, 6) is 6.32. The first kappa shape index (κ1) is 10.1. The van der Waals surface area contributed by atoms with Crippen LogP contribution in [-0.4, -0.2) is 27.2 Å². The third kappa shape index (κ3) is 2.16. The zero-order chi connectivity index (χ0) is 10.9. The van der Waals surface area contributed by atoms with Gasteiger partial charge in [0.15, 0.2) is 0 Å². The molecular weight excluding hydrogens is 194 g/mol. The zero-order valence-electron chi connectivity index (χ0n) is 8.62. The number of nitrogens with one attached hydrogen (secondary N) is 2. The minimum Gasteiger partial charge on any atom is -0.394 e. The lowest BCUT2D eigenvalue weighted by molar-refractivity contribution is 0.266. The molecule has 0 radical (unpaired) electrons. The van der Waals surface area contributed by atoms with Gasteiger partial charge in [-0.1, -0.05) is 0 Å². The van der Waals surface area contributed by atoms with Crippen LogP contribution in [0.1, 0.15) is 18.5 Å². The number of anilines is 2. The molecule has 2 rings (SSSR count). The van der Waals surface area contributed by atoms with Crippen molar-refractivity contribution < 1.29 is 5.11 Å². The Morgan fingerprint density at radius 3 is 2.80 bits per heavy atom. The van der Waals surface area contributed by atoms with E-state index in [9.17, 15) is 0 Å². The summed E-state index contributed by atoms with van der Waals surface area (Å²) in [6.07, 6.45) is 1.94. The second-order valence-electron chi connectivity index (χ2n) is 3.93. The van der Waals surface area contributed by atoms with Gasteiger partial charge in [0.1, 0.15) is 5.82 Å². The van der Waals surface area contributed by atoms with Crippen molar-refractivity contribution in [3.8, 4) is 0 Å². The van der Waals surface area contributed by atoms with E-state index < -0.39 is 0 Å².